The number of carbonyl (C=O) groups is 1. The summed E-state index contributed by atoms with van der Waals surface area (Å²) in [6.45, 7) is 2.90. The van der Waals surface area contributed by atoms with Crippen molar-refractivity contribution in [3.05, 3.63) is 11.6 Å². The fraction of sp³-hybridized carbons (Fsp3) is 0.692. The van der Waals surface area contributed by atoms with Gasteiger partial charge in [-0.3, -0.25) is 9.79 Å². The molecule has 2 rings (SSSR count). The number of aromatic nitrogens is 3. The van der Waals surface area contributed by atoms with Gasteiger partial charge in [0.25, 0.3) is 0 Å². The number of aliphatic imine (C=N–C) groups is 1. The fourth-order valence-electron chi connectivity index (χ4n) is 2.26. The zero-order valence-corrected chi connectivity index (χ0v) is 13.1. The number of hydrogen-bond acceptors (Lipinski definition) is 4. The molecule has 0 aliphatic carbocycles. The molecule has 0 aromatic carbocycles. The van der Waals surface area contributed by atoms with Gasteiger partial charge in [-0.1, -0.05) is 0 Å². The van der Waals surface area contributed by atoms with E-state index in [0.717, 1.165) is 31.0 Å². The van der Waals surface area contributed by atoms with Crippen LogP contribution in [-0.4, -0.2) is 65.3 Å². The number of amides is 1. The highest BCUT2D eigenvalue weighted by atomic mass is 16.2. The maximum Gasteiger partial charge on any atom is 0.241 e. The van der Waals surface area contributed by atoms with E-state index in [4.69, 9.17) is 0 Å². The third-order valence-corrected chi connectivity index (χ3v) is 3.43. The van der Waals surface area contributed by atoms with Crippen LogP contribution in [0, 0.1) is 6.92 Å². The molecule has 2 N–H and O–H groups in total. The normalized spacial score (nSPS) is 18.1. The number of guanidine groups is 1. The van der Waals surface area contributed by atoms with Gasteiger partial charge in [0, 0.05) is 33.6 Å². The molecule has 1 aliphatic rings. The molecule has 1 amide bonds. The summed E-state index contributed by atoms with van der Waals surface area (Å²) >= 11 is 0. The average molecular weight is 293 g/mol. The van der Waals surface area contributed by atoms with Crippen molar-refractivity contribution in [3.8, 4) is 0 Å². The van der Waals surface area contributed by atoms with Gasteiger partial charge in [-0.05, 0) is 13.3 Å². The molecular weight excluding hydrogens is 270 g/mol. The summed E-state index contributed by atoms with van der Waals surface area (Å²) < 4.78 is 1.94. The molecule has 2 heterocycles. The van der Waals surface area contributed by atoms with Crippen LogP contribution in [0.5, 0.6) is 0 Å². The predicted molar refractivity (Wildman–Crippen MR) is 80.1 cm³/mol. The maximum absolute atomic E-state index is 11.6. The van der Waals surface area contributed by atoms with E-state index in [9.17, 15) is 4.79 Å². The second-order valence-corrected chi connectivity index (χ2v) is 5.35. The Hall–Kier alpha value is -2.12. The summed E-state index contributed by atoms with van der Waals surface area (Å²) in [5.41, 5.74) is 0. The zero-order chi connectivity index (χ0) is 15.4. The maximum atomic E-state index is 11.6. The highest BCUT2D eigenvalue weighted by Crippen LogP contribution is 2.12. The van der Waals surface area contributed by atoms with Gasteiger partial charge < -0.3 is 15.5 Å². The van der Waals surface area contributed by atoms with Crippen LogP contribution in [0.15, 0.2) is 4.99 Å². The number of likely N-dealkylation sites (N-methyl/N-ethyl adjacent to an activating group) is 1. The molecule has 1 aliphatic heterocycles. The quantitative estimate of drug-likeness (QED) is 0.560. The average Bonchev–Trinajstić information content (AvgIpc) is 2.82. The molecule has 1 atom stereocenters. The van der Waals surface area contributed by atoms with Crippen molar-refractivity contribution in [1.29, 1.82) is 0 Å². The fourth-order valence-corrected chi connectivity index (χ4v) is 2.26. The molecular formula is C13H23N7O. The van der Waals surface area contributed by atoms with Crippen molar-refractivity contribution in [2.45, 2.75) is 32.4 Å². The summed E-state index contributed by atoms with van der Waals surface area (Å²) in [6, 6.07) is 0.235. The van der Waals surface area contributed by atoms with Crippen LogP contribution in [0.3, 0.4) is 0 Å². The lowest BCUT2D eigenvalue weighted by Crippen LogP contribution is -2.49. The van der Waals surface area contributed by atoms with Crippen LogP contribution in [0.2, 0.25) is 0 Å². The lowest BCUT2D eigenvalue weighted by atomic mass is 10.1. The number of rotatable bonds is 3. The second kappa shape index (κ2) is 6.55. The lowest BCUT2D eigenvalue weighted by molar-refractivity contribution is -0.127. The van der Waals surface area contributed by atoms with Gasteiger partial charge in [0.05, 0.1) is 13.1 Å². The smallest absolute Gasteiger partial charge is 0.241 e. The van der Waals surface area contributed by atoms with E-state index in [1.165, 1.54) is 0 Å². The van der Waals surface area contributed by atoms with E-state index in [-0.39, 0.29) is 18.5 Å². The molecule has 116 valence electrons. The summed E-state index contributed by atoms with van der Waals surface area (Å²) in [5, 5.41) is 10.7. The van der Waals surface area contributed by atoms with Crippen LogP contribution in [0.25, 0.3) is 0 Å². The highest BCUT2D eigenvalue weighted by Gasteiger charge is 2.21. The van der Waals surface area contributed by atoms with Crippen molar-refractivity contribution >= 4 is 11.9 Å². The lowest BCUT2D eigenvalue weighted by Gasteiger charge is -2.25. The molecule has 0 bridgehead atoms. The van der Waals surface area contributed by atoms with Gasteiger partial charge in [0.15, 0.2) is 5.96 Å². The van der Waals surface area contributed by atoms with Crippen molar-refractivity contribution in [2.24, 2.45) is 4.99 Å². The Morgan fingerprint density at radius 2 is 2.29 bits per heavy atom. The summed E-state index contributed by atoms with van der Waals surface area (Å²) in [4.78, 5) is 21.7. The molecule has 0 saturated carbocycles. The summed E-state index contributed by atoms with van der Waals surface area (Å²) in [7, 11) is 5.16. The van der Waals surface area contributed by atoms with E-state index in [2.05, 4.69) is 25.7 Å². The van der Waals surface area contributed by atoms with E-state index < -0.39 is 0 Å². The number of hydrogen-bond donors (Lipinski definition) is 2. The number of nitrogens with one attached hydrogen (secondary N) is 2. The molecule has 1 unspecified atom stereocenters. The number of carbonyl (C=O) groups excluding carboxylic acids is 1. The Balaban J connectivity index is 1.87. The topological polar surface area (TPSA) is 87.4 Å². The second-order valence-electron chi connectivity index (χ2n) is 5.35. The Kier molecular flexibility index (Phi) is 4.77. The van der Waals surface area contributed by atoms with E-state index in [1.807, 2.05) is 11.6 Å². The molecule has 1 aromatic heterocycles. The first-order valence-electron chi connectivity index (χ1n) is 7.07. The molecule has 0 radical (unpaired) electrons. The van der Waals surface area contributed by atoms with Crippen molar-refractivity contribution < 1.29 is 4.79 Å². The van der Waals surface area contributed by atoms with Gasteiger partial charge in [-0.25, -0.2) is 9.67 Å². The van der Waals surface area contributed by atoms with Crippen LogP contribution in [0.4, 0.5) is 0 Å². The zero-order valence-electron chi connectivity index (χ0n) is 13.1. The van der Waals surface area contributed by atoms with Gasteiger partial charge in [-0.15, -0.1) is 0 Å². The number of fused-ring (bicyclic) bond motifs is 1. The van der Waals surface area contributed by atoms with Crippen molar-refractivity contribution in [3.63, 3.8) is 0 Å². The van der Waals surface area contributed by atoms with Crippen molar-refractivity contribution in [2.75, 3.05) is 27.7 Å². The molecule has 0 saturated heterocycles. The molecule has 8 nitrogen and oxygen atoms in total. The molecule has 0 spiro atoms. The predicted octanol–water partition coefficient (Wildman–Crippen LogP) is -0.845. The van der Waals surface area contributed by atoms with Crippen LogP contribution in [0.1, 0.15) is 18.1 Å². The minimum absolute atomic E-state index is 0.00998. The van der Waals surface area contributed by atoms with Crippen molar-refractivity contribution in [1.82, 2.24) is 30.3 Å². The first-order chi connectivity index (χ1) is 9.99. The number of aryl methyl sites for hydroxylation is 2. The minimum atomic E-state index is 0.00998. The minimum Gasteiger partial charge on any atom is -0.352 e. The number of nitrogens with zero attached hydrogens (tertiary/aromatic N) is 5. The highest BCUT2D eigenvalue weighted by molar-refractivity contribution is 5.86. The third-order valence-electron chi connectivity index (χ3n) is 3.43. The summed E-state index contributed by atoms with van der Waals surface area (Å²) in [6.07, 6.45) is 1.87. The largest absolute Gasteiger partial charge is 0.352 e. The molecule has 1 aromatic rings. The van der Waals surface area contributed by atoms with Gasteiger partial charge in [-0.2, -0.15) is 5.10 Å². The summed E-state index contributed by atoms with van der Waals surface area (Å²) in [5.74, 6) is 2.49. The molecule has 21 heavy (non-hydrogen) atoms. The molecule has 8 heteroatoms. The SMILES string of the molecule is CN=C(NCC(=O)N(C)C)NC1CCc2nc(C)nn2C1. The first kappa shape index (κ1) is 15.3. The van der Waals surface area contributed by atoms with Gasteiger partial charge in [0.1, 0.15) is 11.6 Å². The third kappa shape index (κ3) is 3.93. The Labute approximate surface area is 124 Å². The van der Waals surface area contributed by atoms with E-state index in [1.54, 1.807) is 26.0 Å². The first-order valence-corrected chi connectivity index (χ1v) is 7.07. The Morgan fingerprint density at radius 3 is 2.95 bits per heavy atom. The monoisotopic (exact) mass is 293 g/mol. The Morgan fingerprint density at radius 1 is 1.52 bits per heavy atom. The van der Waals surface area contributed by atoms with E-state index in [0.29, 0.717) is 5.96 Å². The Bertz CT molecular complexity index is 535. The van der Waals surface area contributed by atoms with Gasteiger partial charge >= 0.3 is 0 Å². The van der Waals surface area contributed by atoms with Crippen LogP contribution < -0.4 is 10.6 Å². The molecule has 0 fully saturated rings. The van der Waals surface area contributed by atoms with Crippen LogP contribution >= 0.6 is 0 Å². The van der Waals surface area contributed by atoms with E-state index >= 15 is 0 Å². The standard InChI is InChI=1S/C13H23N7O/c1-9-16-11-6-5-10(8-20(11)18-9)17-13(14-2)15-7-12(21)19(3)4/h10H,5-8H2,1-4H3,(H2,14,15,17). The van der Waals surface area contributed by atoms with Gasteiger partial charge in [0.2, 0.25) is 5.91 Å². The van der Waals surface area contributed by atoms with Crippen LogP contribution in [-0.2, 0) is 17.8 Å².